The summed E-state index contributed by atoms with van der Waals surface area (Å²) in [6.45, 7) is 5.39. The maximum absolute atomic E-state index is 11.7. The van der Waals surface area contributed by atoms with Crippen LogP contribution in [0.15, 0.2) is 29.2 Å². The highest BCUT2D eigenvalue weighted by Crippen LogP contribution is 2.30. The van der Waals surface area contributed by atoms with Gasteiger partial charge < -0.3 is 14.4 Å². The third-order valence-corrected chi connectivity index (χ3v) is 6.11. The predicted octanol–water partition coefficient (Wildman–Crippen LogP) is 1.84. The summed E-state index contributed by atoms with van der Waals surface area (Å²) in [4.78, 5) is 12.2. The van der Waals surface area contributed by atoms with Crippen LogP contribution in [0.5, 0.6) is 0 Å². The maximum Gasteiger partial charge on any atom is 0.175 e. The van der Waals surface area contributed by atoms with Crippen LogP contribution in [-0.4, -0.2) is 57.0 Å². The van der Waals surface area contributed by atoms with E-state index in [2.05, 4.69) is 11.8 Å². The average Bonchev–Trinajstić information content (AvgIpc) is 2.67. The summed E-state index contributed by atoms with van der Waals surface area (Å²) in [6.07, 6.45) is 1.95. The summed E-state index contributed by atoms with van der Waals surface area (Å²) >= 11 is 0. The van der Waals surface area contributed by atoms with Gasteiger partial charge in [-0.25, -0.2) is 18.4 Å². The first kappa shape index (κ1) is 18.3. The topological polar surface area (TPSA) is 81.6 Å². The fraction of sp³-hybridized carbons (Fsp3) is 0.474. The van der Waals surface area contributed by atoms with Gasteiger partial charge in [0.1, 0.15) is 5.82 Å². The number of hydrogen-bond acceptors (Lipinski definition) is 7. The molecule has 8 heteroatoms. The monoisotopic (exact) mass is 389 g/mol. The molecule has 1 aromatic carbocycles. The quantitative estimate of drug-likeness (QED) is 0.792. The maximum atomic E-state index is 11.7. The molecule has 2 aliphatic rings. The van der Waals surface area contributed by atoms with Crippen LogP contribution in [0.2, 0.25) is 0 Å². The molecule has 0 radical (unpaired) electrons. The molecule has 0 saturated carbocycles. The number of anilines is 1. The van der Waals surface area contributed by atoms with E-state index in [9.17, 15) is 8.42 Å². The Hall–Kier alpha value is -2.03. The van der Waals surface area contributed by atoms with Crippen LogP contribution in [0.4, 0.5) is 5.82 Å². The van der Waals surface area contributed by atoms with Gasteiger partial charge in [-0.05, 0) is 31.2 Å². The molecule has 1 atom stereocenters. The van der Waals surface area contributed by atoms with Crippen molar-refractivity contribution in [3.63, 3.8) is 0 Å². The Morgan fingerprint density at radius 2 is 1.89 bits per heavy atom. The average molecular weight is 389 g/mol. The van der Waals surface area contributed by atoms with Crippen LogP contribution in [0.25, 0.3) is 11.4 Å². The summed E-state index contributed by atoms with van der Waals surface area (Å²) in [7, 11) is -3.23. The van der Waals surface area contributed by atoms with E-state index in [4.69, 9.17) is 19.4 Å². The first-order valence-corrected chi connectivity index (χ1v) is 10.9. The van der Waals surface area contributed by atoms with Gasteiger partial charge in [0.2, 0.25) is 0 Å². The minimum absolute atomic E-state index is 0.222. The normalized spacial score (nSPS) is 20.4. The fourth-order valence-electron chi connectivity index (χ4n) is 3.47. The van der Waals surface area contributed by atoms with Gasteiger partial charge in [0, 0.05) is 30.3 Å². The third-order valence-electron chi connectivity index (χ3n) is 4.98. The minimum Gasteiger partial charge on any atom is -0.377 e. The van der Waals surface area contributed by atoms with Crippen LogP contribution in [-0.2, 0) is 32.3 Å². The standard InChI is InChI=1S/C19H23N3O4S/c1-13-11-26-10-8-22(13)19-16-12-25-9-7-17(16)20-18(21-19)14-3-5-15(6-4-14)27(2,23)24/h3-6,13H,7-12H2,1-2H3. The largest absolute Gasteiger partial charge is 0.377 e. The highest BCUT2D eigenvalue weighted by atomic mass is 32.2. The number of benzene rings is 1. The second-order valence-corrected chi connectivity index (χ2v) is 9.03. The smallest absolute Gasteiger partial charge is 0.175 e. The number of hydrogen-bond donors (Lipinski definition) is 0. The van der Waals surface area contributed by atoms with E-state index >= 15 is 0 Å². The van der Waals surface area contributed by atoms with E-state index in [1.165, 1.54) is 6.26 Å². The van der Waals surface area contributed by atoms with Crippen LogP contribution >= 0.6 is 0 Å². The van der Waals surface area contributed by atoms with Crippen molar-refractivity contribution in [1.29, 1.82) is 0 Å². The van der Waals surface area contributed by atoms with E-state index in [1.54, 1.807) is 24.3 Å². The van der Waals surface area contributed by atoms with Gasteiger partial charge in [-0.3, -0.25) is 0 Å². The summed E-state index contributed by atoms with van der Waals surface area (Å²) in [5.41, 5.74) is 2.86. The number of morpholine rings is 1. The molecule has 144 valence electrons. The van der Waals surface area contributed by atoms with E-state index in [-0.39, 0.29) is 6.04 Å². The lowest BCUT2D eigenvalue weighted by molar-refractivity contribution is 0.0952. The Kier molecular flexibility index (Phi) is 4.88. The van der Waals surface area contributed by atoms with Crippen molar-refractivity contribution >= 4 is 15.7 Å². The molecular formula is C19H23N3O4S. The molecule has 0 N–H and O–H groups in total. The molecule has 27 heavy (non-hydrogen) atoms. The highest BCUT2D eigenvalue weighted by Gasteiger charge is 2.27. The van der Waals surface area contributed by atoms with Gasteiger partial charge in [-0.2, -0.15) is 0 Å². The molecule has 2 aromatic rings. The van der Waals surface area contributed by atoms with Gasteiger partial charge in [0.05, 0.1) is 43.1 Å². The molecule has 1 aromatic heterocycles. The zero-order chi connectivity index (χ0) is 19.0. The molecule has 0 bridgehead atoms. The number of ether oxygens (including phenoxy) is 2. The number of nitrogens with zero attached hydrogens (tertiary/aromatic N) is 3. The number of rotatable bonds is 3. The van der Waals surface area contributed by atoms with Crippen molar-refractivity contribution in [2.75, 3.05) is 37.5 Å². The molecule has 1 fully saturated rings. The summed E-state index contributed by atoms with van der Waals surface area (Å²) in [6, 6.07) is 6.97. The Balaban J connectivity index is 1.78. The number of sulfone groups is 1. The van der Waals surface area contributed by atoms with Crippen molar-refractivity contribution in [3.05, 3.63) is 35.5 Å². The number of fused-ring (bicyclic) bond motifs is 1. The summed E-state index contributed by atoms with van der Waals surface area (Å²) in [5.74, 6) is 1.52. The molecule has 2 aliphatic heterocycles. The van der Waals surface area contributed by atoms with E-state index < -0.39 is 9.84 Å². The highest BCUT2D eigenvalue weighted by molar-refractivity contribution is 7.90. The zero-order valence-corrected chi connectivity index (χ0v) is 16.3. The molecule has 0 spiro atoms. The van der Waals surface area contributed by atoms with E-state index in [1.807, 2.05) is 0 Å². The second kappa shape index (κ2) is 7.18. The zero-order valence-electron chi connectivity index (χ0n) is 15.5. The molecule has 7 nitrogen and oxygen atoms in total. The Bertz CT molecular complexity index is 944. The predicted molar refractivity (Wildman–Crippen MR) is 102 cm³/mol. The van der Waals surface area contributed by atoms with Gasteiger partial charge in [0.25, 0.3) is 0 Å². The van der Waals surface area contributed by atoms with Gasteiger partial charge in [0.15, 0.2) is 15.7 Å². The van der Waals surface area contributed by atoms with Crippen LogP contribution < -0.4 is 4.90 Å². The van der Waals surface area contributed by atoms with Gasteiger partial charge >= 0.3 is 0 Å². The third kappa shape index (κ3) is 3.69. The lowest BCUT2D eigenvalue weighted by Gasteiger charge is -2.36. The Labute approximate surface area is 159 Å². The molecular weight excluding hydrogens is 366 g/mol. The van der Waals surface area contributed by atoms with Gasteiger partial charge in [-0.1, -0.05) is 0 Å². The SMILES string of the molecule is CC1COCCN1c1nc(-c2ccc(S(C)(=O)=O)cc2)nc2c1COCC2. The van der Waals surface area contributed by atoms with Crippen LogP contribution in [0, 0.1) is 0 Å². The fourth-order valence-corrected chi connectivity index (χ4v) is 4.11. The number of aromatic nitrogens is 2. The van der Waals surface area contributed by atoms with Crippen LogP contribution in [0.3, 0.4) is 0 Å². The lowest BCUT2D eigenvalue weighted by atomic mass is 10.1. The molecule has 0 aliphatic carbocycles. The second-order valence-electron chi connectivity index (χ2n) is 7.01. The first-order valence-electron chi connectivity index (χ1n) is 9.06. The summed E-state index contributed by atoms with van der Waals surface area (Å²) in [5, 5.41) is 0. The molecule has 1 unspecified atom stereocenters. The Morgan fingerprint density at radius 3 is 2.59 bits per heavy atom. The van der Waals surface area contributed by atoms with Crippen molar-refractivity contribution in [2.24, 2.45) is 0 Å². The molecule has 1 saturated heterocycles. The minimum atomic E-state index is -3.23. The van der Waals surface area contributed by atoms with E-state index in [0.717, 1.165) is 35.6 Å². The van der Waals surface area contributed by atoms with Crippen molar-refractivity contribution in [1.82, 2.24) is 9.97 Å². The summed E-state index contributed by atoms with van der Waals surface area (Å²) < 4.78 is 34.6. The molecule has 4 rings (SSSR count). The van der Waals surface area contributed by atoms with Gasteiger partial charge in [-0.15, -0.1) is 0 Å². The van der Waals surface area contributed by atoms with Crippen molar-refractivity contribution < 1.29 is 17.9 Å². The molecule has 0 amide bonds. The molecule has 3 heterocycles. The van der Waals surface area contributed by atoms with Crippen LogP contribution in [0.1, 0.15) is 18.2 Å². The van der Waals surface area contributed by atoms with E-state index in [0.29, 0.717) is 37.1 Å². The van der Waals surface area contributed by atoms with Crippen molar-refractivity contribution in [3.8, 4) is 11.4 Å². The Morgan fingerprint density at radius 1 is 1.11 bits per heavy atom. The first-order chi connectivity index (χ1) is 12.9. The van der Waals surface area contributed by atoms with Crippen molar-refractivity contribution in [2.45, 2.75) is 30.9 Å². The lowest BCUT2D eigenvalue weighted by Crippen LogP contribution is -2.45.